The van der Waals surface area contributed by atoms with E-state index in [1.807, 2.05) is 17.8 Å². The van der Waals surface area contributed by atoms with Gasteiger partial charge in [0, 0.05) is 0 Å². The Morgan fingerprint density at radius 3 is 1.50 bits per heavy atom. The van der Waals surface area contributed by atoms with Gasteiger partial charge in [0.05, 0.1) is 39.6 Å². The minimum atomic E-state index is -6.81. The maximum absolute atomic E-state index is 13.4. The Balaban J connectivity index is 0. The summed E-state index contributed by atoms with van der Waals surface area (Å²) in [4.78, 5) is 5.17. The third-order valence-corrected chi connectivity index (χ3v) is 8.44. The molecule has 26 heteroatoms. The number of aliphatic imine (C=N–C) groups is 2. The van der Waals surface area contributed by atoms with Crippen molar-refractivity contribution in [3.05, 3.63) is 35.7 Å². The molecule has 0 amide bonds. The molecule has 2 aromatic rings. The van der Waals surface area contributed by atoms with E-state index in [0.29, 0.717) is 0 Å². The molecule has 0 spiro atoms. The van der Waals surface area contributed by atoms with Crippen LogP contribution in [0.5, 0.6) is 0 Å². The van der Waals surface area contributed by atoms with Crippen molar-refractivity contribution in [1.29, 1.82) is 10.5 Å². The maximum atomic E-state index is 13.4. The summed E-state index contributed by atoms with van der Waals surface area (Å²) in [6, 6.07) is 2.56. The number of rotatable bonds is 6. The van der Waals surface area contributed by atoms with Crippen LogP contribution in [0.2, 0.25) is 0 Å². The first kappa shape index (κ1) is 43.5. The van der Waals surface area contributed by atoms with E-state index < -0.39 is 63.8 Å². The predicted octanol–water partition coefficient (Wildman–Crippen LogP) is 2.94. The van der Waals surface area contributed by atoms with Gasteiger partial charge >= 0.3 is 37.9 Å². The summed E-state index contributed by atoms with van der Waals surface area (Å²) in [5, 5.41) is 12.4. The summed E-state index contributed by atoms with van der Waals surface area (Å²) in [6.07, 6.45) is -4.90. The Kier molecular flexibility index (Phi) is 15.7. The molecule has 2 rings (SSSR count). The molecule has 0 aromatic carbocycles. The fourth-order valence-electron chi connectivity index (χ4n) is 2.66. The number of nitrogens with zero attached hydrogens (tertiary/aromatic N) is 10. The smallest absolute Gasteiger partial charge is 0.422 e. The number of sulfone groups is 2. The molecule has 0 atom stereocenters. The van der Waals surface area contributed by atoms with Gasteiger partial charge in [-0.3, -0.25) is 0 Å². The first-order chi connectivity index (χ1) is 20.7. The number of nitriles is 2. The summed E-state index contributed by atoms with van der Waals surface area (Å²) in [5.41, 5.74) is 0. The van der Waals surface area contributed by atoms with Crippen LogP contribution in [0.15, 0.2) is 45.1 Å². The summed E-state index contributed by atoms with van der Waals surface area (Å²) in [6.45, 7) is 3.19. The van der Waals surface area contributed by atoms with Gasteiger partial charge in [0.1, 0.15) is 12.4 Å². The molecule has 0 saturated heterocycles. The van der Waals surface area contributed by atoms with Crippen molar-refractivity contribution in [1.82, 2.24) is 9.13 Å². The van der Waals surface area contributed by atoms with Crippen molar-refractivity contribution in [2.45, 2.75) is 60.0 Å². The quantitative estimate of drug-likeness (QED) is 0.190. The van der Waals surface area contributed by atoms with E-state index in [-0.39, 0.29) is 17.8 Å². The summed E-state index contributed by atoms with van der Waals surface area (Å²) < 4.78 is 178. The van der Waals surface area contributed by atoms with E-state index >= 15 is 0 Å². The maximum Gasteiger partial charge on any atom is 0.470 e. The average Bonchev–Trinajstić information content (AvgIpc) is 3.52. The van der Waals surface area contributed by atoms with Crippen molar-refractivity contribution in [2.75, 3.05) is 0 Å². The normalized spacial score (nSPS) is 11.7. The van der Waals surface area contributed by atoms with Crippen LogP contribution in [0.3, 0.4) is 0 Å². The SMILES string of the molecule is CC[n+]1cc(S(=O)(=O)C(F)(F)C(F)(F)F)n(C)c1S(=O)(=O)C(F)(F)C(F)(F)F.CCn1cc[n+](C)c1.N#CN=C=[N-].N#CN=C=[N-]. The first-order valence-corrected chi connectivity index (χ1v) is 14.2. The molecule has 0 fully saturated rings. The van der Waals surface area contributed by atoms with Gasteiger partial charge in [0.2, 0.25) is 6.33 Å². The lowest BCUT2D eigenvalue weighted by atomic mass is 10.7. The summed E-state index contributed by atoms with van der Waals surface area (Å²) in [5.74, 6) is 0. The van der Waals surface area contributed by atoms with Crippen LogP contribution in [-0.2, 0) is 46.9 Å². The van der Waals surface area contributed by atoms with Gasteiger partial charge in [-0.05, 0) is 13.8 Å². The monoisotopic (exact) mass is 718 g/mol. The molecular formula is C20H20F10N10O4S2. The average molecular weight is 719 g/mol. The van der Waals surface area contributed by atoms with Crippen LogP contribution in [0.1, 0.15) is 13.8 Å². The molecule has 0 aliphatic carbocycles. The lowest BCUT2D eigenvalue weighted by Crippen LogP contribution is -2.49. The van der Waals surface area contributed by atoms with E-state index in [1.54, 1.807) is 0 Å². The predicted molar refractivity (Wildman–Crippen MR) is 132 cm³/mol. The molecule has 0 aliphatic heterocycles. The molecule has 14 nitrogen and oxygen atoms in total. The van der Waals surface area contributed by atoms with Gasteiger partial charge < -0.3 is 20.8 Å². The van der Waals surface area contributed by atoms with Crippen LogP contribution in [0, 0.1) is 22.9 Å². The van der Waals surface area contributed by atoms with Crippen molar-refractivity contribution < 1.29 is 69.9 Å². The lowest BCUT2D eigenvalue weighted by molar-refractivity contribution is -0.731. The van der Waals surface area contributed by atoms with Gasteiger partial charge in [-0.2, -0.15) is 54.4 Å². The second kappa shape index (κ2) is 16.6. The van der Waals surface area contributed by atoms with Gasteiger partial charge in [-0.15, -0.1) is 12.0 Å². The number of halogens is 10. The highest BCUT2D eigenvalue weighted by atomic mass is 32.2. The van der Waals surface area contributed by atoms with Gasteiger partial charge in [-0.1, -0.05) is 0 Å². The second-order valence-corrected chi connectivity index (χ2v) is 11.5. The first-order valence-electron chi connectivity index (χ1n) is 11.2. The molecule has 0 unspecified atom stereocenters. The summed E-state index contributed by atoms with van der Waals surface area (Å²) >= 11 is 0. The Bertz CT molecular complexity index is 1710. The number of imidazole rings is 2. The van der Waals surface area contributed by atoms with Crippen LogP contribution < -0.4 is 9.13 Å². The van der Waals surface area contributed by atoms with Crippen LogP contribution >= 0.6 is 0 Å². The number of hydrogen-bond donors (Lipinski definition) is 0. The third-order valence-electron chi connectivity index (χ3n) is 4.71. The summed E-state index contributed by atoms with van der Waals surface area (Å²) in [7, 11) is -11.4. The Morgan fingerprint density at radius 2 is 1.26 bits per heavy atom. The zero-order chi connectivity index (χ0) is 36.9. The third kappa shape index (κ3) is 9.93. The molecule has 0 radical (unpaired) electrons. The molecule has 46 heavy (non-hydrogen) atoms. The van der Waals surface area contributed by atoms with E-state index in [1.165, 1.54) is 24.4 Å². The minimum absolute atomic E-state index is 0.130. The lowest BCUT2D eigenvalue weighted by Gasteiger charge is -2.19. The highest BCUT2D eigenvalue weighted by Crippen LogP contribution is 2.45. The van der Waals surface area contributed by atoms with E-state index in [9.17, 15) is 60.7 Å². The molecule has 2 heterocycles. The van der Waals surface area contributed by atoms with Crippen LogP contribution in [0.25, 0.3) is 10.8 Å². The zero-order valence-corrected chi connectivity index (χ0v) is 25.1. The Morgan fingerprint density at radius 1 is 0.848 bits per heavy atom. The van der Waals surface area contributed by atoms with Gasteiger partial charge in [0.25, 0.3) is 14.9 Å². The highest BCUT2D eigenvalue weighted by Gasteiger charge is 2.73. The van der Waals surface area contributed by atoms with Gasteiger partial charge in [0.15, 0.2) is 6.20 Å². The van der Waals surface area contributed by atoms with Crippen LogP contribution in [0.4, 0.5) is 43.9 Å². The molecule has 2 aromatic heterocycles. The number of aromatic nitrogens is 4. The molecule has 0 N–H and O–H groups in total. The topological polar surface area (TPSA) is 203 Å². The van der Waals surface area contributed by atoms with E-state index in [2.05, 4.69) is 34.0 Å². The molecule has 0 aliphatic rings. The standard InChI is InChI=1S/C10H9F10N2O4S2.C6H11N2.2C2N3/c1-3-22-4-5(27(23,24)9(17,18)7(11,12)13)21(2)6(22)28(25,26)10(19,20)8(14,15)16;1-3-8-5-4-7(2)6-8;2*3-1-5-2-4/h4H,3H2,1-2H3;4-6H,3H2,1-2H3;;/q2*+1;2*-1. The van der Waals surface area contributed by atoms with Crippen molar-refractivity contribution >= 4 is 31.7 Å². The Labute approximate surface area is 253 Å². The van der Waals surface area contributed by atoms with E-state index in [4.69, 9.17) is 21.3 Å². The van der Waals surface area contributed by atoms with Gasteiger partial charge in [-0.25, -0.2) is 35.1 Å². The van der Waals surface area contributed by atoms with Crippen LogP contribution in [-0.4, -0.2) is 60.8 Å². The number of aryl methyl sites for hydroxylation is 3. The molecule has 0 saturated carbocycles. The largest absolute Gasteiger partial charge is 0.470 e. The second-order valence-electron chi connectivity index (χ2n) is 7.66. The fourth-order valence-corrected chi connectivity index (χ4v) is 5.48. The van der Waals surface area contributed by atoms with Crippen molar-refractivity contribution in [3.63, 3.8) is 0 Å². The zero-order valence-electron chi connectivity index (χ0n) is 23.4. The minimum Gasteiger partial charge on any atom is -0.422 e. The highest BCUT2D eigenvalue weighted by molar-refractivity contribution is 7.93. The van der Waals surface area contributed by atoms with E-state index in [0.717, 1.165) is 13.5 Å². The fraction of sp³-hybridized carbons (Fsp3) is 0.500. The Hall–Kier alpha value is -4.64. The van der Waals surface area contributed by atoms with Crippen molar-refractivity contribution in [3.8, 4) is 12.4 Å². The number of alkyl halides is 10. The molecule has 0 bridgehead atoms. The number of hydrogen-bond acceptors (Lipinski definition) is 8. The molecular weight excluding hydrogens is 698 g/mol. The van der Waals surface area contributed by atoms with Crippen molar-refractivity contribution in [2.24, 2.45) is 24.1 Å². The molecule has 256 valence electrons.